The molecular weight excluding hydrogens is 497 g/mol. The van der Waals surface area contributed by atoms with Crippen LogP contribution in [0.25, 0.3) is 0 Å². The van der Waals surface area contributed by atoms with Crippen LogP contribution in [0.5, 0.6) is 5.75 Å². The number of hydrogen-bond donors (Lipinski definition) is 1. The number of ether oxygens (including phenoxy) is 1. The van der Waals surface area contributed by atoms with Gasteiger partial charge in [-0.05, 0) is 30.7 Å². The highest BCUT2D eigenvalue weighted by Gasteiger charge is 2.33. The lowest BCUT2D eigenvalue weighted by molar-refractivity contribution is -0.274. The van der Waals surface area contributed by atoms with E-state index in [1.54, 1.807) is 6.92 Å². The van der Waals surface area contributed by atoms with Crippen LogP contribution in [0.4, 0.5) is 27.6 Å². The number of rotatable bonds is 8. The van der Waals surface area contributed by atoms with Gasteiger partial charge in [-0.15, -0.1) is 13.2 Å². The predicted molar refractivity (Wildman–Crippen MR) is 118 cm³/mol. The maximum Gasteiger partial charge on any atom is 0.573 e. The van der Waals surface area contributed by atoms with Gasteiger partial charge in [0, 0.05) is 49.9 Å². The Morgan fingerprint density at radius 2 is 1.74 bits per heavy atom. The zero-order valence-electron chi connectivity index (χ0n) is 18.7. The molecule has 0 atom stereocenters. The maximum absolute atomic E-state index is 13.9. The zero-order valence-corrected chi connectivity index (χ0v) is 19.6. The highest BCUT2D eigenvalue weighted by Crippen LogP contribution is 2.32. The summed E-state index contributed by atoms with van der Waals surface area (Å²) in [6, 6.07) is 6.41. The van der Waals surface area contributed by atoms with Gasteiger partial charge in [0.15, 0.2) is 5.75 Å². The van der Waals surface area contributed by atoms with Crippen LogP contribution < -0.4 is 9.46 Å². The van der Waals surface area contributed by atoms with Crippen LogP contribution in [0.15, 0.2) is 36.4 Å². The first-order chi connectivity index (χ1) is 16.4. The van der Waals surface area contributed by atoms with Gasteiger partial charge < -0.3 is 9.64 Å². The number of piperazine rings is 1. The fraction of sp³-hybridized carbons (Fsp3) is 0.409. The van der Waals surface area contributed by atoms with Crippen molar-refractivity contribution in [3.8, 4) is 5.75 Å². The Morgan fingerprint density at radius 3 is 2.34 bits per heavy atom. The van der Waals surface area contributed by atoms with Crippen LogP contribution in [0.2, 0.25) is 0 Å². The average Bonchev–Trinajstić information content (AvgIpc) is 2.76. The molecule has 192 valence electrons. The summed E-state index contributed by atoms with van der Waals surface area (Å²) in [5.74, 6) is -3.05. The number of nitrogens with one attached hydrogen (secondary N) is 1. The van der Waals surface area contributed by atoms with Crippen molar-refractivity contribution in [2.24, 2.45) is 0 Å². The van der Waals surface area contributed by atoms with Gasteiger partial charge in [-0.25, -0.2) is 17.2 Å². The number of hydrogen-bond acceptors (Lipinski definition) is 5. The molecule has 0 saturated carbocycles. The summed E-state index contributed by atoms with van der Waals surface area (Å²) in [5, 5.41) is 0. The van der Waals surface area contributed by atoms with E-state index in [-0.39, 0.29) is 37.4 Å². The lowest BCUT2D eigenvalue weighted by atomic mass is 10.1. The standard InChI is InChI=1S/C22H24F5N3O4S/c1-2-11-35(32,33)28-19-6-4-15(12-20(19)34-22(25,26)27)21(31)30-9-7-29(8-10-30)14-16-3-5-17(23)13-18(16)24/h3-6,12-13,28H,2,7-11,14H2,1H3. The van der Waals surface area contributed by atoms with E-state index in [1.807, 2.05) is 4.90 Å². The van der Waals surface area contributed by atoms with Crippen molar-refractivity contribution in [1.82, 2.24) is 9.80 Å². The molecular formula is C22H24F5N3O4S. The van der Waals surface area contributed by atoms with E-state index in [1.165, 1.54) is 17.0 Å². The molecule has 0 spiro atoms. The van der Waals surface area contributed by atoms with Crippen molar-refractivity contribution in [2.75, 3.05) is 36.7 Å². The third-order valence-electron chi connectivity index (χ3n) is 5.26. The van der Waals surface area contributed by atoms with Gasteiger partial charge in [0.05, 0.1) is 11.4 Å². The largest absolute Gasteiger partial charge is 0.573 e. The van der Waals surface area contributed by atoms with Crippen LogP contribution in [0.3, 0.4) is 0 Å². The molecule has 2 aromatic rings. The second-order valence-corrected chi connectivity index (χ2v) is 9.83. The molecule has 1 N–H and O–H groups in total. The summed E-state index contributed by atoms with van der Waals surface area (Å²) in [4.78, 5) is 16.2. The first-order valence-corrected chi connectivity index (χ1v) is 12.4. The maximum atomic E-state index is 13.9. The molecule has 1 fully saturated rings. The third-order valence-corrected chi connectivity index (χ3v) is 6.74. The number of carbonyl (C=O) groups is 1. The molecule has 1 aliphatic rings. The Hall–Kier alpha value is -2.93. The molecule has 0 radical (unpaired) electrons. The van der Waals surface area contributed by atoms with Crippen molar-refractivity contribution >= 4 is 21.6 Å². The molecule has 1 saturated heterocycles. The Morgan fingerprint density at radius 1 is 1.06 bits per heavy atom. The van der Waals surface area contributed by atoms with Gasteiger partial charge in [-0.3, -0.25) is 14.4 Å². The van der Waals surface area contributed by atoms with E-state index in [0.717, 1.165) is 24.3 Å². The quantitative estimate of drug-likeness (QED) is 0.532. The molecule has 1 amide bonds. The third kappa shape index (κ3) is 7.52. The minimum atomic E-state index is -5.10. The first kappa shape index (κ1) is 26.7. The monoisotopic (exact) mass is 521 g/mol. The molecule has 0 unspecified atom stereocenters. The molecule has 0 bridgehead atoms. The van der Waals surface area contributed by atoms with E-state index in [9.17, 15) is 35.2 Å². The summed E-state index contributed by atoms with van der Waals surface area (Å²) >= 11 is 0. The van der Waals surface area contributed by atoms with Crippen LogP contribution in [-0.2, 0) is 16.6 Å². The summed E-state index contributed by atoms with van der Waals surface area (Å²) in [5.41, 5.74) is -0.236. The zero-order chi connectivity index (χ0) is 25.8. The minimum Gasteiger partial charge on any atom is -0.404 e. The summed E-state index contributed by atoms with van der Waals surface area (Å²) in [6.07, 6.45) is -4.85. The molecule has 2 aromatic carbocycles. The Bertz CT molecular complexity index is 1170. The molecule has 0 aromatic heterocycles. The van der Waals surface area contributed by atoms with Crippen LogP contribution in [-0.4, -0.2) is 62.4 Å². The topological polar surface area (TPSA) is 79.0 Å². The summed E-state index contributed by atoms with van der Waals surface area (Å²) < 4.78 is 95.8. The van der Waals surface area contributed by atoms with Gasteiger partial charge in [-0.2, -0.15) is 0 Å². The van der Waals surface area contributed by atoms with Crippen molar-refractivity contribution in [1.29, 1.82) is 0 Å². The molecule has 35 heavy (non-hydrogen) atoms. The molecule has 1 aliphatic heterocycles. The van der Waals surface area contributed by atoms with E-state index in [2.05, 4.69) is 9.46 Å². The molecule has 3 rings (SSSR count). The minimum absolute atomic E-state index is 0.110. The number of amides is 1. The number of nitrogens with zero attached hydrogens (tertiary/aromatic N) is 2. The predicted octanol–water partition coefficient (Wildman–Crippen LogP) is 3.97. The normalized spacial score (nSPS) is 15.2. The Labute approximate surface area is 199 Å². The second-order valence-electron chi connectivity index (χ2n) is 7.98. The van der Waals surface area contributed by atoms with Gasteiger partial charge in [-0.1, -0.05) is 13.0 Å². The fourth-order valence-corrected chi connectivity index (χ4v) is 4.76. The summed E-state index contributed by atoms with van der Waals surface area (Å²) in [6.45, 7) is 2.99. The summed E-state index contributed by atoms with van der Waals surface area (Å²) in [7, 11) is -3.90. The van der Waals surface area contributed by atoms with Gasteiger partial charge in [0.1, 0.15) is 11.6 Å². The lowest BCUT2D eigenvalue weighted by Crippen LogP contribution is -2.48. The number of carbonyl (C=O) groups excluding carboxylic acids is 1. The average molecular weight is 522 g/mol. The Balaban J connectivity index is 1.71. The van der Waals surface area contributed by atoms with Gasteiger partial charge in [0.25, 0.3) is 5.91 Å². The van der Waals surface area contributed by atoms with E-state index in [0.29, 0.717) is 18.7 Å². The fourth-order valence-electron chi connectivity index (χ4n) is 3.62. The molecule has 0 aliphatic carbocycles. The van der Waals surface area contributed by atoms with E-state index in [4.69, 9.17) is 0 Å². The molecule has 1 heterocycles. The molecule has 7 nitrogen and oxygen atoms in total. The van der Waals surface area contributed by atoms with Gasteiger partial charge >= 0.3 is 6.36 Å². The van der Waals surface area contributed by atoms with Crippen molar-refractivity contribution in [3.63, 3.8) is 0 Å². The Kier molecular flexibility index (Phi) is 8.21. The highest BCUT2D eigenvalue weighted by atomic mass is 32.2. The first-order valence-electron chi connectivity index (χ1n) is 10.7. The van der Waals surface area contributed by atoms with Gasteiger partial charge in [0.2, 0.25) is 10.0 Å². The second kappa shape index (κ2) is 10.8. The lowest BCUT2D eigenvalue weighted by Gasteiger charge is -2.35. The smallest absolute Gasteiger partial charge is 0.404 e. The molecule has 13 heteroatoms. The van der Waals surface area contributed by atoms with Crippen LogP contribution in [0.1, 0.15) is 29.3 Å². The van der Waals surface area contributed by atoms with E-state index < -0.39 is 45.4 Å². The van der Waals surface area contributed by atoms with Crippen molar-refractivity contribution in [3.05, 3.63) is 59.2 Å². The number of halogens is 5. The number of benzene rings is 2. The van der Waals surface area contributed by atoms with Crippen molar-refractivity contribution < 1.29 is 39.9 Å². The number of alkyl halides is 3. The highest BCUT2D eigenvalue weighted by molar-refractivity contribution is 7.92. The SMILES string of the molecule is CCCS(=O)(=O)Nc1ccc(C(=O)N2CCN(Cc3ccc(F)cc3F)CC2)cc1OC(F)(F)F. The van der Waals surface area contributed by atoms with E-state index >= 15 is 0 Å². The van der Waals surface area contributed by atoms with Crippen molar-refractivity contribution in [2.45, 2.75) is 26.3 Å². The van der Waals surface area contributed by atoms with Crippen LogP contribution >= 0.6 is 0 Å². The number of sulfonamides is 1. The number of anilines is 1. The van der Waals surface area contributed by atoms with Crippen LogP contribution in [0, 0.1) is 11.6 Å².